The van der Waals surface area contributed by atoms with E-state index in [2.05, 4.69) is 10.6 Å². The number of nitrogens with zero attached hydrogens (tertiary/aromatic N) is 1. The molecule has 29 heavy (non-hydrogen) atoms. The summed E-state index contributed by atoms with van der Waals surface area (Å²) in [5.74, 6) is -1.15. The van der Waals surface area contributed by atoms with Crippen LogP contribution in [0, 0.1) is 10.1 Å². The topological polar surface area (TPSA) is 111 Å². The molecule has 1 fully saturated rings. The van der Waals surface area contributed by atoms with E-state index in [0.29, 0.717) is 12.2 Å². The van der Waals surface area contributed by atoms with Gasteiger partial charge in [0.15, 0.2) is 6.61 Å². The number of non-ortho nitro benzene ring substituents is 1. The highest BCUT2D eigenvalue weighted by Gasteiger charge is 2.21. The van der Waals surface area contributed by atoms with Gasteiger partial charge in [-0.2, -0.15) is 0 Å². The van der Waals surface area contributed by atoms with Gasteiger partial charge >= 0.3 is 5.97 Å². The summed E-state index contributed by atoms with van der Waals surface area (Å²) in [6, 6.07) is 13.6. The van der Waals surface area contributed by atoms with Crippen LogP contribution >= 0.6 is 0 Å². The fourth-order valence-corrected chi connectivity index (χ4v) is 3.31. The van der Waals surface area contributed by atoms with E-state index in [1.165, 1.54) is 12.1 Å². The van der Waals surface area contributed by atoms with E-state index in [1.54, 1.807) is 0 Å². The van der Waals surface area contributed by atoms with Crippen LogP contribution in [0.4, 0.5) is 11.4 Å². The number of ether oxygens (including phenoxy) is 1. The molecule has 0 spiro atoms. The molecule has 1 saturated carbocycles. The van der Waals surface area contributed by atoms with Gasteiger partial charge in [-0.1, -0.05) is 43.2 Å². The molecule has 0 unspecified atom stereocenters. The average Bonchev–Trinajstić information content (AvgIpc) is 3.24. The summed E-state index contributed by atoms with van der Waals surface area (Å²) in [5.41, 5.74) is 1.18. The molecule has 0 aromatic heterocycles. The maximum absolute atomic E-state index is 12.5. The second-order valence-corrected chi connectivity index (χ2v) is 6.95. The van der Waals surface area contributed by atoms with Crippen molar-refractivity contribution in [3.05, 3.63) is 69.8 Å². The molecule has 0 heterocycles. The predicted molar refractivity (Wildman–Crippen MR) is 108 cm³/mol. The van der Waals surface area contributed by atoms with Crippen molar-refractivity contribution in [2.75, 3.05) is 11.9 Å². The van der Waals surface area contributed by atoms with E-state index in [-0.39, 0.29) is 23.2 Å². The second-order valence-electron chi connectivity index (χ2n) is 6.95. The molecular formula is C21H23N3O5. The lowest BCUT2D eigenvalue weighted by Crippen LogP contribution is -2.36. The number of anilines is 1. The number of hydrogen-bond acceptors (Lipinski definition) is 6. The summed E-state index contributed by atoms with van der Waals surface area (Å²) >= 11 is 0. The highest BCUT2D eigenvalue weighted by molar-refractivity contribution is 5.97. The first kappa shape index (κ1) is 20.3. The molecule has 0 atom stereocenters. The third-order valence-corrected chi connectivity index (χ3v) is 4.81. The first-order chi connectivity index (χ1) is 14.0. The third kappa shape index (κ3) is 5.78. The number of carbonyl (C=O) groups is 2. The molecule has 1 aliphatic rings. The molecule has 0 saturated heterocycles. The SMILES string of the molecule is O=C(COC(=O)c1cc([N+](=O)[O-])ccc1NCc1ccccc1)NC1CCCC1. The minimum Gasteiger partial charge on any atom is -0.452 e. The van der Waals surface area contributed by atoms with Crippen molar-refractivity contribution in [3.63, 3.8) is 0 Å². The van der Waals surface area contributed by atoms with E-state index >= 15 is 0 Å². The summed E-state index contributed by atoms with van der Waals surface area (Å²) < 4.78 is 5.11. The van der Waals surface area contributed by atoms with Crippen molar-refractivity contribution in [1.82, 2.24) is 5.32 Å². The Labute approximate surface area is 168 Å². The van der Waals surface area contributed by atoms with Crippen LogP contribution < -0.4 is 10.6 Å². The number of nitro groups is 1. The van der Waals surface area contributed by atoms with Gasteiger partial charge in [-0.15, -0.1) is 0 Å². The molecule has 0 radical (unpaired) electrons. The number of hydrogen-bond donors (Lipinski definition) is 2. The number of rotatable bonds is 8. The molecule has 2 aromatic rings. The summed E-state index contributed by atoms with van der Waals surface area (Å²) in [4.78, 5) is 35.0. The van der Waals surface area contributed by atoms with Gasteiger partial charge in [0.1, 0.15) is 0 Å². The van der Waals surface area contributed by atoms with Gasteiger partial charge in [0.05, 0.1) is 10.5 Å². The van der Waals surface area contributed by atoms with Crippen LogP contribution in [0.3, 0.4) is 0 Å². The van der Waals surface area contributed by atoms with Crippen molar-refractivity contribution < 1.29 is 19.2 Å². The van der Waals surface area contributed by atoms with E-state index in [4.69, 9.17) is 4.74 Å². The van der Waals surface area contributed by atoms with Gasteiger partial charge in [0.2, 0.25) is 0 Å². The minimum absolute atomic E-state index is 0.0174. The third-order valence-electron chi connectivity index (χ3n) is 4.81. The zero-order valence-electron chi connectivity index (χ0n) is 15.9. The van der Waals surface area contributed by atoms with Crippen LogP contribution in [0.15, 0.2) is 48.5 Å². The van der Waals surface area contributed by atoms with Gasteiger partial charge < -0.3 is 15.4 Å². The number of carbonyl (C=O) groups excluding carboxylic acids is 2. The Hall–Kier alpha value is -3.42. The Balaban J connectivity index is 1.67. The molecule has 0 aliphatic heterocycles. The molecule has 8 nitrogen and oxygen atoms in total. The number of esters is 1. The summed E-state index contributed by atoms with van der Waals surface area (Å²) in [6.45, 7) is 0.0112. The molecular weight excluding hydrogens is 374 g/mol. The second kappa shape index (κ2) is 9.68. The minimum atomic E-state index is -0.786. The maximum Gasteiger partial charge on any atom is 0.341 e. The summed E-state index contributed by atoms with van der Waals surface area (Å²) in [6.07, 6.45) is 4.01. The average molecular weight is 397 g/mol. The van der Waals surface area contributed by atoms with Crippen LogP contribution in [0.25, 0.3) is 0 Å². The van der Waals surface area contributed by atoms with Gasteiger partial charge in [-0.25, -0.2) is 4.79 Å². The Bertz CT molecular complexity index is 879. The fraction of sp³-hybridized carbons (Fsp3) is 0.333. The highest BCUT2D eigenvalue weighted by atomic mass is 16.6. The smallest absolute Gasteiger partial charge is 0.341 e. The van der Waals surface area contributed by atoms with Gasteiger partial charge in [0, 0.05) is 30.4 Å². The number of nitrogens with one attached hydrogen (secondary N) is 2. The van der Waals surface area contributed by atoms with Crippen LogP contribution in [0.2, 0.25) is 0 Å². The Kier molecular flexibility index (Phi) is 6.78. The Morgan fingerprint density at radius 2 is 1.83 bits per heavy atom. The first-order valence-corrected chi connectivity index (χ1v) is 9.55. The lowest BCUT2D eigenvalue weighted by molar-refractivity contribution is -0.384. The van der Waals surface area contributed by atoms with Crippen molar-refractivity contribution >= 4 is 23.3 Å². The summed E-state index contributed by atoms with van der Waals surface area (Å²) in [5, 5.41) is 17.0. The molecule has 1 amide bonds. The first-order valence-electron chi connectivity index (χ1n) is 9.55. The van der Waals surface area contributed by atoms with E-state index < -0.39 is 17.5 Å². The highest BCUT2D eigenvalue weighted by Crippen LogP contribution is 2.24. The Morgan fingerprint density at radius 3 is 2.52 bits per heavy atom. The van der Waals surface area contributed by atoms with Crippen molar-refractivity contribution in [3.8, 4) is 0 Å². The van der Waals surface area contributed by atoms with Crippen LogP contribution in [0.5, 0.6) is 0 Å². The van der Waals surface area contributed by atoms with Crippen LogP contribution in [-0.4, -0.2) is 29.4 Å². The number of benzene rings is 2. The van der Waals surface area contributed by atoms with Gasteiger partial charge in [0.25, 0.3) is 11.6 Å². The monoisotopic (exact) mass is 397 g/mol. The zero-order chi connectivity index (χ0) is 20.6. The molecule has 2 aromatic carbocycles. The zero-order valence-corrected chi connectivity index (χ0v) is 15.9. The Morgan fingerprint density at radius 1 is 1.10 bits per heavy atom. The largest absolute Gasteiger partial charge is 0.452 e. The quantitative estimate of drug-likeness (QED) is 0.401. The van der Waals surface area contributed by atoms with Crippen molar-refractivity contribution in [1.29, 1.82) is 0 Å². The molecule has 152 valence electrons. The number of nitro benzene ring substituents is 1. The van der Waals surface area contributed by atoms with Gasteiger partial charge in [-0.3, -0.25) is 14.9 Å². The van der Waals surface area contributed by atoms with E-state index in [9.17, 15) is 19.7 Å². The maximum atomic E-state index is 12.5. The molecule has 0 bridgehead atoms. The lowest BCUT2D eigenvalue weighted by Gasteiger charge is -2.14. The summed E-state index contributed by atoms with van der Waals surface area (Å²) in [7, 11) is 0. The standard InChI is InChI=1S/C21H23N3O5/c25-20(23-16-8-4-5-9-16)14-29-21(26)18-12-17(24(27)28)10-11-19(18)22-13-15-6-2-1-3-7-15/h1-3,6-7,10-12,16,22H,4-5,8-9,13-14H2,(H,23,25). The fourth-order valence-electron chi connectivity index (χ4n) is 3.31. The van der Waals surface area contributed by atoms with E-state index in [1.807, 2.05) is 30.3 Å². The van der Waals surface area contributed by atoms with Gasteiger partial charge in [-0.05, 0) is 24.5 Å². The predicted octanol–water partition coefficient (Wildman–Crippen LogP) is 3.42. The molecule has 2 N–H and O–H groups in total. The van der Waals surface area contributed by atoms with E-state index in [0.717, 1.165) is 37.3 Å². The molecule has 8 heteroatoms. The molecule has 3 rings (SSSR count). The van der Waals surface area contributed by atoms with Crippen molar-refractivity contribution in [2.24, 2.45) is 0 Å². The normalized spacial score (nSPS) is 13.7. The van der Waals surface area contributed by atoms with Crippen LogP contribution in [0.1, 0.15) is 41.6 Å². The van der Waals surface area contributed by atoms with Crippen molar-refractivity contribution in [2.45, 2.75) is 38.3 Å². The number of amides is 1. The lowest BCUT2D eigenvalue weighted by atomic mass is 10.1. The molecule has 1 aliphatic carbocycles. The van der Waals surface area contributed by atoms with Crippen LogP contribution in [-0.2, 0) is 16.1 Å².